The molecule has 2 rings (SSSR count). The summed E-state index contributed by atoms with van der Waals surface area (Å²) in [4.78, 5) is 0. The van der Waals surface area contributed by atoms with Gasteiger partial charge in [0.2, 0.25) is 0 Å². The van der Waals surface area contributed by atoms with E-state index in [0.717, 1.165) is 23.1 Å². The Bertz CT molecular complexity index is 365. The molecule has 3 nitrogen and oxygen atoms in total. The fourth-order valence-electron chi connectivity index (χ4n) is 1.78. The van der Waals surface area contributed by atoms with Crippen LogP contribution in [0.4, 0.5) is 5.69 Å². The van der Waals surface area contributed by atoms with Gasteiger partial charge >= 0.3 is 0 Å². The summed E-state index contributed by atoms with van der Waals surface area (Å²) in [5, 5.41) is 15.0. The summed E-state index contributed by atoms with van der Waals surface area (Å²) in [7, 11) is 0. The highest BCUT2D eigenvalue weighted by Gasteiger charge is 2.19. The largest absolute Gasteiger partial charge is 0.411 e. The summed E-state index contributed by atoms with van der Waals surface area (Å²) in [6.45, 7) is 0.909. The molecule has 1 aromatic rings. The molecule has 1 unspecified atom stereocenters. The molecule has 0 bridgehead atoms. The molecule has 0 saturated heterocycles. The molecule has 0 fully saturated rings. The quantitative estimate of drug-likeness (QED) is 0.460. The number of nitrogens with one attached hydrogen (secondary N) is 1. The molecule has 1 heterocycles. The molecule has 0 radical (unpaired) electrons. The van der Waals surface area contributed by atoms with Crippen molar-refractivity contribution in [1.29, 1.82) is 0 Å². The standard InChI is InChI=1S/C10H11BrN2O/c11-9-3-1-2-8-7(6-13-14)4-5-12-10(8)9/h1-3,6-7,12,14H,4-5H2. The lowest BCUT2D eigenvalue weighted by Gasteiger charge is -2.24. The Labute approximate surface area is 90.9 Å². The van der Waals surface area contributed by atoms with E-state index in [2.05, 4.69) is 32.5 Å². The average molecular weight is 255 g/mol. The Morgan fingerprint density at radius 3 is 3.21 bits per heavy atom. The van der Waals surface area contributed by atoms with E-state index < -0.39 is 0 Å². The third-order valence-electron chi connectivity index (χ3n) is 2.45. The van der Waals surface area contributed by atoms with Crippen molar-refractivity contribution in [2.24, 2.45) is 5.16 Å². The summed E-state index contributed by atoms with van der Waals surface area (Å²) in [6, 6.07) is 6.05. The van der Waals surface area contributed by atoms with E-state index in [1.165, 1.54) is 5.56 Å². The second-order valence-electron chi connectivity index (χ2n) is 3.29. The van der Waals surface area contributed by atoms with Crippen molar-refractivity contribution in [2.45, 2.75) is 12.3 Å². The van der Waals surface area contributed by atoms with E-state index in [4.69, 9.17) is 5.21 Å². The number of rotatable bonds is 1. The molecule has 0 amide bonds. The Balaban J connectivity index is 2.44. The first-order valence-electron chi connectivity index (χ1n) is 4.53. The van der Waals surface area contributed by atoms with Gasteiger partial charge in [-0.2, -0.15) is 0 Å². The fourth-order valence-corrected chi connectivity index (χ4v) is 2.30. The zero-order valence-corrected chi connectivity index (χ0v) is 9.16. The highest BCUT2D eigenvalue weighted by Crippen LogP contribution is 2.35. The van der Waals surface area contributed by atoms with Gasteiger partial charge in [0.05, 0.1) is 11.9 Å². The zero-order valence-electron chi connectivity index (χ0n) is 7.57. The minimum absolute atomic E-state index is 0.216. The van der Waals surface area contributed by atoms with Crippen LogP contribution in [0.5, 0.6) is 0 Å². The van der Waals surface area contributed by atoms with Gasteiger partial charge in [0.25, 0.3) is 0 Å². The second-order valence-corrected chi connectivity index (χ2v) is 4.14. The lowest BCUT2D eigenvalue weighted by Crippen LogP contribution is -2.17. The molecule has 0 spiro atoms. The van der Waals surface area contributed by atoms with Gasteiger partial charge in [0.1, 0.15) is 0 Å². The number of halogens is 1. The Kier molecular flexibility index (Phi) is 2.72. The Morgan fingerprint density at radius 1 is 1.57 bits per heavy atom. The van der Waals surface area contributed by atoms with Crippen LogP contribution in [-0.2, 0) is 0 Å². The molecule has 1 aromatic carbocycles. The molecule has 1 atom stereocenters. The topological polar surface area (TPSA) is 44.6 Å². The summed E-state index contributed by atoms with van der Waals surface area (Å²) in [5.74, 6) is 0.216. The van der Waals surface area contributed by atoms with Crippen molar-refractivity contribution in [3.05, 3.63) is 28.2 Å². The van der Waals surface area contributed by atoms with Crippen LogP contribution in [-0.4, -0.2) is 18.0 Å². The molecule has 2 N–H and O–H groups in total. The molecular formula is C10H11BrN2O. The molecule has 4 heteroatoms. The third kappa shape index (κ3) is 1.62. The van der Waals surface area contributed by atoms with Gasteiger partial charge in [0, 0.05) is 16.9 Å². The first-order valence-corrected chi connectivity index (χ1v) is 5.32. The normalized spacial score (nSPS) is 20.5. The number of hydrogen-bond acceptors (Lipinski definition) is 3. The average Bonchev–Trinajstić information content (AvgIpc) is 2.20. The maximum atomic E-state index is 8.55. The van der Waals surface area contributed by atoms with Crippen LogP contribution in [0, 0.1) is 0 Å². The maximum absolute atomic E-state index is 8.55. The van der Waals surface area contributed by atoms with Crippen molar-refractivity contribution in [3.8, 4) is 0 Å². The minimum atomic E-state index is 0.216. The van der Waals surface area contributed by atoms with Gasteiger partial charge in [-0.15, -0.1) is 5.16 Å². The van der Waals surface area contributed by atoms with Crippen LogP contribution < -0.4 is 5.32 Å². The molecule has 0 aliphatic carbocycles. The summed E-state index contributed by atoms with van der Waals surface area (Å²) in [6.07, 6.45) is 2.56. The predicted molar refractivity (Wildman–Crippen MR) is 60.3 cm³/mol. The predicted octanol–water partition coefficient (Wildman–Crippen LogP) is 2.81. The Hall–Kier alpha value is -1.03. The third-order valence-corrected chi connectivity index (χ3v) is 3.11. The summed E-state index contributed by atoms with van der Waals surface area (Å²) < 4.78 is 1.06. The van der Waals surface area contributed by atoms with Crippen LogP contribution in [0.1, 0.15) is 17.9 Å². The second kappa shape index (κ2) is 4.00. The number of anilines is 1. The summed E-state index contributed by atoms with van der Waals surface area (Å²) in [5.41, 5.74) is 2.30. The van der Waals surface area contributed by atoms with Gasteiger partial charge in [-0.3, -0.25) is 0 Å². The molecule has 0 saturated carbocycles. The Morgan fingerprint density at radius 2 is 2.43 bits per heavy atom. The monoisotopic (exact) mass is 254 g/mol. The lowest BCUT2D eigenvalue weighted by atomic mass is 9.92. The summed E-state index contributed by atoms with van der Waals surface area (Å²) >= 11 is 3.49. The zero-order chi connectivity index (χ0) is 9.97. The first kappa shape index (κ1) is 9.52. The molecule has 1 aliphatic rings. The van der Waals surface area contributed by atoms with E-state index in [-0.39, 0.29) is 5.92 Å². The van der Waals surface area contributed by atoms with E-state index in [1.807, 2.05) is 12.1 Å². The maximum Gasteiger partial charge on any atom is 0.0523 e. The number of fused-ring (bicyclic) bond motifs is 1. The SMILES string of the molecule is ON=CC1CCNc2c(Br)cccc21. The van der Waals surface area contributed by atoms with Crippen LogP contribution in [0.2, 0.25) is 0 Å². The van der Waals surface area contributed by atoms with Gasteiger partial charge in [-0.1, -0.05) is 12.1 Å². The van der Waals surface area contributed by atoms with Crippen LogP contribution in [0.15, 0.2) is 27.8 Å². The van der Waals surface area contributed by atoms with E-state index in [1.54, 1.807) is 6.21 Å². The van der Waals surface area contributed by atoms with Crippen LogP contribution in [0.3, 0.4) is 0 Å². The minimum Gasteiger partial charge on any atom is -0.411 e. The van der Waals surface area contributed by atoms with Gasteiger partial charge < -0.3 is 10.5 Å². The fraction of sp³-hybridized carbons (Fsp3) is 0.300. The van der Waals surface area contributed by atoms with Crippen LogP contribution in [0.25, 0.3) is 0 Å². The first-order chi connectivity index (χ1) is 6.83. The van der Waals surface area contributed by atoms with Crippen LogP contribution >= 0.6 is 15.9 Å². The lowest BCUT2D eigenvalue weighted by molar-refractivity contribution is 0.319. The van der Waals surface area contributed by atoms with Crippen molar-refractivity contribution >= 4 is 27.8 Å². The molecule has 14 heavy (non-hydrogen) atoms. The number of benzene rings is 1. The number of hydrogen-bond donors (Lipinski definition) is 2. The molecular weight excluding hydrogens is 244 g/mol. The van der Waals surface area contributed by atoms with Crippen molar-refractivity contribution in [1.82, 2.24) is 0 Å². The van der Waals surface area contributed by atoms with E-state index in [9.17, 15) is 0 Å². The molecule has 74 valence electrons. The molecule has 0 aromatic heterocycles. The van der Waals surface area contributed by atoms with E-state index >= 15 is 0 Å². The van der Waals surface area contributed by atoms with Gasteiger partial charge in [-0.05, 0) is 34.0 Å². The van der Waals surface area contributed by atoms with Gasteiger partial charge in [-0.25, -0.2) is 0 Å². The number of nitrogens with zero attached hydrogens (tertiary/aromatic N) is 1. The highest BCUT2D eigenvalue weighted by molar-refractivity contribution is 9.10. The van der Waals surface area contributed by atoms with E-state index in [0.29, 0.717) is 0 Å². The number of para-hydroxylation sites is 1. The highest BCUT2D eigenvalue weighted by atomic mass is 79.9. The van der Waals surface area contributed by atoms with Crippen molar-refractivity contribution in [3.63, 3.8) is 0 Å². The smallest absolute Gasteiger partial charge is 0.0523 e. The van der Waals surface area contributed by atoms with Crippen molar-refractivity contribution in [2.75, 3.05) is 11.9 Å². The number of oxime groups is 1. The van der Waals surface area contributed by atoms with Gasteiger partial charge in [0.15, 0.2) is 0 Å². The van der Waals surface area contributed by atoms with Crippen molar-refractivity contribution < 1.29 is 5.21 Å². The molecule has 1 aliphatic heterocycles.